The van der Waals surface area contributed by atoms with Crippen LogP contribution in [0.4, 0.5) is 18.9 Å². The number of carbonyl (C=O) groups excluding carboxylic acids is 1. The molecule has 0 saturated heterocycles. The Morgan fingerprint density at radius 2 is 1.83 bits per heavy atom. The van der Waals surface area contributed by atoms with E-state index in [0.717, 1.165) is 24.0 Å². The summed E-state index contributed by atoms with van der Waals surface area (Å²) in [5.74, 6) is 0.689. The van der Waals surface area contributed by atoms with Gasteiger partial charge in [0, 0.05) is 23.1 Å². The fourth-order valence-electron chi connectivity index (χ4n) is 2.46. The number of nitrogens with one attached hydrogen (secondary N) is 1. The lowest BCUT2D eigenvalue weighted by Gasteiger charge is -2.22. The number of carbonyl (C=O) groups is 1. The van der Waals surface area contributed by atoms with E-state index in [-0.39, 0.29) is 12.2 Å². The highest BCUT2D eigenvalue weighted by Gasteiger charge is 2.31. The van der Waals surface area contributed by atoms with E-state index in [1.165, 1.54) is 6.07 Å². The van der Waals surface area contributed by atoms with E-state index >= 15 is 0 Å². The van der Waals surface area contributed by atoms with Gasteiger partial charge in [-0.3, -0.25) is 9.10 Å². The normalized spacial score (nSPS) is 11.9. The van der Waals surface area contributed by atoms with Crippen LogP contribution >= 0.6 is 23.4 Å². The second kappa shape index (κ2) is 10.4. The largest absolute Gasteiger partial charge is 0.416 e. The Morgan fingerprint density at radius 1 is 1.17 bits per heavy atom. The van der Waals surface area contributed by atoms with Crippen molar-refractivity contribution in [3.05, 3.63) is 64.7 Å². The molecule has 30 heavy (non-hydrogen) atoms. The van der Waals surface area contributed by atoms with Crippen LogP contribution in [0.3, 0.4) is 0 Å². The SMILES string of the molecule is CS(=O)(=O)N(CC(=O)NCCSCc1ccc(Cl)cc1)c1cccc(C(F)(F)F)c1. The van der Waals surface area contributed by atoms with Crippen molar-refractivity contribution >= 4 is 45.0 Å². The number of thioether (sulfide) groups is 1. The van der Waals surface area contributed by atoms with Gasteiger partial charge in [-0.05, 0) is 35.9 Å². The Morgan fingerprint density at radius 3 is 2.43 bits per heavy atom. The molecule has 164 valence electrons. The third-order valence-corrected chi connectivity index (χ3v) is 6.32. The lowest BCUT2D eigenvalue weighted by Crippen LogP contribution is -2.41. The average Bonchev–Trinajstić information content (AvgIpc) is 2.66. The van der Waals surface area contributed by atoms with E-state index in [1.54, 1.807) is 23.9 Å². The highest BCUT2D eigenvalue weighted by atomic mass is 35.5. The minimum Gasteiger partial charge on any atom is -0.354 e. The van der Waals surface area contributed by atoms with Crippen LogP contribution in [0.1, 0.15) is 11.1 Å². The van der Waals surface area contributed by atoms with Crippen molar-refractivity contribution in [2.75, 3.05) is 29.4 Å². The molecule has 5 nitrogen and oxygen atoms in total. The van der Waals surface area contributed by atoms with Gasteiger partial charge < -0.3 is 5.32 Å². The monoisotopic (exact) mass is 480 g/mol. The summed E-state index contributed by atoms with van der Waals surface area (Å²) in [4.78, 5) is 12.2. The maximum absolute atomic E-state index is 12.9. The van der Waals surface area contributed by atoms with Crippen molar-refractivity contribution < 1.29 is 26.4 Å². The van der Waals surface area contributed by atoms with Gasteiger partial charge in [0.05, 0.1) is 17.5 Å². The number of hydrogen-bond donors (Lipinski definition) is 1. The van der Waals surface area contributed by atoms with E-state index in [2.05, 4.69) is 5.32 Å². The minimum atomic E-state index is -4.62. The van der Waals surface area contributed by atoms with Crippen molar-refractivity contribution in [2.45, 2.75) is 11.9 Å². The van der Waals surface area contributed by atoms with Gasteiger partial charge in [0.15, 0.2) is 0 Å². The number of amides is 1. The molecule has 2 rings (SSSR count). The molecule has 0 bridgehead atoms. The van der Waals surface area contributed by atoms with E-state index in [0.29, 0.717) is 26.9 Å². The average molecular weight is 481 g/mol. The van der Waals surface area contributed by atoms with Crippen molar-refractivity contribution in [2.24, 2.45) is 0 Å². The Balaban J connectivity index is 1.91. The molecule has 1 N–H and O–H groups in total. The molecule has 1 amide bonds. The quantitative estimate of drug-likeness (QED) is 0.547. The molecule has 0 aromatic heterocycles. The zero-order valence-electron chi connectivity index (χ0n) is 15.9. The first-order chi connectivity index (χ1) is 14.0. The maximum atomic E-state index is 12.9. The standard InChI is InChI=1S/C19H20ClF3N2O3S2/c1-30(27,28)25(17-4-2-3-15(11-17)19(21,22)23)12-18(26)24-9-10-29-13-14-5-7-16(20)8-6-14/h2-8,11H,9-10,12-13H2,1H3,(H,24,26). The molecular formula is C19H20ClF3N2O3S2. The van der Waals surface area contributed by atoms with Crippen LogP contribution in [0.2, 0.25) is 5.02 Å². The van der Waals surface area contributed by atoms with Gasteiger partial charge in [0.25, 0.3) is 0 Å². The van der Waals surface area contributed by atoms with E-state index in [9.17, 15) is 26.4 Å². The van der Waals surface area contributed by atoms with Gasteiger partial charge in [0.1, 0.15) is 6.54 Å². The van der Waals surface area contributed by atoms with Crippen LogP contribution in [0.5, 0.6) is 0 Å². The summed E-state index contributed by atoms with van der Waals surface area (Å²) in [5.41, 5.74) is -0.143. The number of halogens is 4. The molecular weight excluding hydrogens is 461 g/mol. The number of anilines is 1. The number of alkyl halides is 3. The smallest absolute Gasteiger partial charge is 0.354 e. The number of benzene rings is 2. The zero-order valence-corrected chi connectivity index (χ0v) is 18.3. The molecule has 11 heteroatoms. The second-order valence-electron chi connectivity index (χ2n) is 6.35. The van der Waals surface area contributed by atoms with E-state index in [4.69, 9.17) is 11.6 Å². The van der Waals surface area contributed by atoms with Gasteiger partial charge >= 0.3 is 6.18 Å². The van der Waals surface area contributed by atoms with Crippen molar-refractivity contribution in [1.29, 1.82) is 0 Å². The van der Waals surface area contributed by atoms with Gasteiger partial charge in [-0.2, -0.15) is 24.9 Å². The summed E-state index contributed by atoms with van der Waals surface area (Å²) in [7, 11) is -3.96. The molecule has 0 aliphatic carbocycles. The molecule has 0 atom stereocenters. The molecule has 0 spiro atoms. The Kier molecular flexibility index (Phi) is 8.45. The predicted octanol–water partition coefficient (Wildman–Crippen LogP) is 4.17. The highest BCUT2D eigenvalue weighted by Crippen LogP contribution is 2.32. The van der Waals surface area contributed by atoms with Crippen LogP contribution < -0.4 is 9.62 Å². The number of nitrogens with zero attached hydrogens (tertiary/aromatic N) is 1. The van der Waals surface area contributed by atoms with Crippen LogP contribution in [0.15, 0.2) is 48.5 Å². The zero-order chi connectivity index (χ0) is 22.4. The first-order valence-corrected chi connectivity index (χ1v) is 12.1. The molecule has 0 fully saturated rings. The fourth-order valence-corrected chi connectivity index (χ4v) is 4.25. The maximum Gasteiger partial charge on any atom is 0.416 e. The third kappa shape index (κ3) is 7.73. The molecule has 0 aliphatic rings. The van der Waals surface area contributed by atoms with E-state index in [1.807, 2.05) is 12.1 Å². The fraction of sp³-hybridized carbons (Fsp3) is 0.316. The second-order valence-corrected chi connectivity index (χ2v) is 9.80. The summed E-state index contributed by atoms with van der Waals surface area (Å²) in [5, 5.41) is 3.23. The van der Waals surface area contributed by atoms with Gasteiger partial charge in [-0.25, -0.2) is 8.42 Å². The van der Waals surface area contributed by atoms with Crippen molar-refractivity contribution in [3.8, 4) is 0 Å². The Labute approximate surface area is 182 Å². The van der Waals surface area contributed by atoms with Gasteiger partial charge in [-0.1, -0.05) is 29.8 Å². The van der Waals surface area contributed by atoms with E-state index < -0.39 is 34.2 Å². The molecule has 2 aromatic carbocycles. The van der Waals surface area contributed by atoms with Gasteiger partial charge in [0.2, 0.25) is 15.9 Å². The lowest BCUT2D eigenvalue weighted by molar-refractivity contribution is -0.137. The number of sulfonamides is 1. The van der Waals surface area contributed by atoms with Crippen LogP contribution in [-0.4, -0.2) is 39.4 Å². The summed E-state index contributed by atoms with van der Waals surface area (Å²) in [6.07, 6.45) is -3.79. The molecule has 2 aromatic rings. The molecule has 0 radical (unpaired) electrons. The Bertz CT molecular complexity index is 968. The Hall–Kier alpha value is -1.91. The van der Waals surface area contributed by atoms with Crippen LogP contribution in [-0.2, 0) is 26.7 Å². The minimum absolute atomic E-state index is 0.223. The summed E-state index contributed by atoms with van der Waals surface area (Å²) in [6, 6.07) is 11.2. The summed E-state index contributed by atoms with van der Waals surface area (Å²) < 4.78 is 63.5. The van der Waals surface area contributed by atoms with Gasteiger partial charge in [-0.15, -0.1) is 0 Å². The summed E-state index contributed by atoms with van der Waals surface area (Å²) >= 11 is 7.39. The third-order valence-electron chi connectivity index (χ3n) is 3.90. The van der Waals surface area contributed by atoms with Crippen LogP contribution in [0, 0.1) is 0 Å². The van der Waals surface area contributed by atoms with Crippen molar-refractivity contribution in [3.63, 3.8) is 0 Å². The lowest BCUT2D eigenvalue weighted by atomic mass is 10.2. The summed E-state index contributed by atoms with van der Waals surface area (Å²) in [6.45, 7) is -0.320. The number of rotatable bonds is 9. The molecule has 0 aliphatic heterocycles. The van der Waals surface area contributed by atoms with Crippen molar-refractivity contribution in [1.82, 2.24) is 5.32 Å². The molecule has 0 saturated carbocycles. The topological polar surface area (TPSA) is 66.5 Å². The molecule has 0 unspecified atom stereocenters. The first kappa shape index (κ1) is 24.4. The number of hydrogen-bond acceptors (Lipinski definition) is 4. The highest BCUT2D eigenvalue weighted by molar-refractivity contribution is 7.98. The molecule has 0 heterocycles. The predicted molar refractivity (Wildman–Crippen MR) is 114 cm³/mol. The van der Waals surface area contributed by atoms with Crippen LogP contribution in [0.25, 0.3) is 0 Å². The first-order valence-electron chi connectivity index (χ1n) is 8.70.